The zero-order chi connectivity index (χ0) is 68.9. The summed E-state index contributed by atoms with van der Waals surface area (Å²) in [6, 6.07) is 19.8. The quantitative estimate of drug-likeness (QED) is 0.0209. The lowest BCUT2D eigenvalue weighted by molar-refractivity contribution is -0.151. The number of aromatic nitrogens is 5. The molecular formula is C70H92F3N11O11S. The second-order valence-corrected chi connectivity index (χ2v) is 27.2. The standard InChI is InChI=1S/C70H92F3N11O11S/c1-47-59(96-46-77-47)49-21-19-48(20-22-49)45-84(63(88)57-42-54(85)44-75-57)64(89)60(67(2,3)4)78-58(86)18-11-10-13-34-92-37-39-93-38-36-91-33-12-8-9-14-35-94-55-23-24-56(70(71,72)73)52(41-55)43-76-62(87)51-16-15-17-53(40-51)80-69(27-31-83(32-28-69)66(90)95-68(5,6)7)65-79-61(81-82-65)50-25-29-74-30-26-50/h15-17,19-26,29-30,40-41,46,54,57,60,75,80,85H,8-14,18,27-28,31-39,42-45H2,1-7H3,(H,76,87)(H,78,86)(H,79,81,82)/t54-,57+,60-/m1/s1. The van der Waals surface area contributed by atoms with E-state index >= 15 is 0 Å². The molecule has 2 fully saturated rings. The number of aromatic amines is 1. The molecule has 96 heavy (non-hydrogen) atoms. The molecule has 2 saturated heterocycles. The van der Waals surface area contributed by atoms with Gasteiger partial charge in [-0.1, -0.05) is 63.9 Å². The van der Waals surface area contributed by atoms with Crippen LogP contribution in [0.1, 0.15) is 151 Å². The summed E-state index contributed by atoms with van der Waals surface area (Å²) in [6.07, 6.45) is 3.89. The number of β-amino-alcohol motifs (C(OH)–C–C–N with tert-alkyl or cyclic N) is 1. The number of pyridine rings is 1. The molecule has 0 aliphatic carbocycles. The number of unbranched alkanes of at least 4 members (excludes halogenated alkanes) is 5. The summed E-state index contributed by atoms with van der Waals surface area (Å²) >= 11 is 1.54. The minimum Gasteiger partial charge on any atom is -0.494 e. The maximum Gasteiger partial charge on any atom is 0.416 e. The molecule has 0 spiro atoms. The molecule has 0 bridgehead atoms. The van der Waals surface area contributed by atoms with Gasteiger partial charge in [0.15, 0.2) is 11.6 Å². The molecule has 5 amide bonds. The van der Waals surface area contributed by atoms with Gasteiger partial charge < -0.3 is 59.9 Å². The predicted molar refractivity (Wildman–Crippen MR) is 358 cm³/mol. The molecule has 0 saturated carbocycles. The van der Waals surface area contributed by atoms with E-state index < -0.39 is 76.8 Å². The van der Waals surface area contributed by atoms with E-state index in [-0.39, 0.29) is 55.3 Å². The molecule has 26 heteroatoms. The first-order chi connectivity index (χ1) is 45.9. The van der Waals surface area contributed by atoms with Gasteiger partial charge in [-0.25, -0.2) is 9.78 Å². The van der Waals surface area contributed by atoms with Crippen LogP contribution < -0.4 is 26.0 Å². The van der Waals surface area contributed by atoms with Crippen molar-refractivity contribution >= 4 is 46.7 Å². The number of likely N-dealkylation sites (tertiary alicyclic amines) is 1. The van der Waals surface area contributed by atoms with E-state index in [1.165, 1.54) is 28.4 Å². The normalized spacial score (nSPS) is 16.0. The number of aliphatic hydroxyl groups excluding tert-OH is 1. The Morgan fingerprint density at radius 3 is 2.08 bits per heavy atom. The number of hydrogen-bond acceptors (Lipinski definition) is 18. The van der Waals surface area contributed by atoms with E-state index in [2.05, 4.69) is 46.4 Å². The van der Waals surface area contributed by atoms with Gasteiger partial charge in [-0.05, 0) is 150 Å². The fourth-order valence-electron chi connectivity index (χ4n) is 11.3. The minimum absolute atomic E-state index is 0.00494. The topological polar surface area (TPSA) is 274 Å². The molecule has 8 rings (SSSR count). The molecule has 3 aromatic heterocycles. The number of rotatable bonds is 33. The number of ether oxygens (including phenoxy) is 5. The van der Waals surface area contributed by atoms with Crippen molar-refractivity contribution in [3.63, 3.8) is 0 Å². The highest BCUT2D eigenvalue weighted by Gasteiger charge is 2.43. The third-order valence-electron chi connectivity index (χ3n) is 16.5. The Kier molecular flexibility index (Phi) is 26.9. The molecule has 2 aliphatic rings. The van der Waals surface area contributed by atoms with Crippen molar-refractivity contribution in [1.29, 1.82) is 0 Å². The van der Waals surface area contributed by atoms with Crippen LogP contribution in [-0.2, 0) is 58.1 Å². The van der Waals surface area contributed by atoms with E-state index in [1.807, 2.05) is 72.7 Å². The number of alkyl halides is 3. The second kappa shape index (κ2) is 34.9. The number of carbonyl (C=O) groups excluding carboxylic acids is 5. The maximum atomic E-state index is 14.4. The average Bonchev–Trinajstić information content (AvgIpc) is 1.36. The molecule has 3 aromatic carbocycles. The first kappa shape index (κ1) is 73.9. The second-order valence-electron chi connectivity index (χ2n) is 26.4. The van der Waals surface area contributed by atoms with Gasteiger partial charge in [-0.2, -0.15) is 13.2 Å². The molecule has 520 valence electrons. The molecular weight excluding hydrogens is 1260 g/mol. The summed E-state index contributed by atoms with van der Waals surface area (Å²) in [4.78, 5) is 84.0. The van der Waals surface area contributed by atoms with Crippen molar-refractivity contribution in [2.75, 3.05) is 71.2 Å². The Bertz CT molecular complexity index is 3480. The first-order valence-corrected chi connectivity index (χ1v) is 33.8. The van der Waals surface area contributed by atoms with Crippen molar-refractivity contribution in [1.82, 2.24) is 50.9 Å². The summed E-state index contributed by atoms with van der Waals surface area (Å²) in [5.41, 5.74) is 2.70. The number of thiazole rings is 1. The van der Waals surface area contributed by atoms with Gasteiger partial charge >= 0.3 is 12.3 Å². The SMILES string of the molecule is Cc1ncsc1-c1ccc(CN(C(=O)[C@@H]2C[C@@H](O)CN2)C(=O)[C@@H](NC(=O)CCCCCOCCOCCOCCCCCCOc2ccc(C(F)(F)F)c(CNC(=O)c3cccc(NC4(c5nnc(-c6ccncc6)[nH]5)CCN(C(=O)OC(C)(C)C)CC4)c3)c2)C(C)(C)C)cc1. The molecule has 22 nitrogen and oxygen atoms in total. The van der Waals surface area contributed by atoms with Crippen LogP contribution in [0.25, 0.3) is 21.8 Å². The van der Waals surface area contributed by atoms with Crippen LogP contribution in [0.4, 0.5) is 23.7 Å². The highest BCUT2D eigenvalue weighted by atomic mass is 32.1. The molecule has 3 atom stereocenters. The van der Waals surface area contributed by atoms with E-state index in [4.69, 9.17) is 23.7 Å². The van der Waals surface area contributed by atoms with Crippen molar-refractivity contribution < 1.29 is 65.9 Å². The average molecular weight is 1350 g/mol. The van der Waals surface area contributed by atoms with Crippen molar-refractivity contribution in [2.24, 2.45) is 5.41 Å². The van der Waals surface area contributed by atoms with Crippen LogP contribution in [0.2, 0.25) is 0 Å². The summed E-state index contributed by atoms with van der Waals surface area (Å²) in [6.45, 7) is 16.4. The van der Waals surface area contributed by atoms with Gasteiger partial charge in [-0.3, -0.25) is 29.1 Å². The van der Waals surface area contributed by atoms with Crippen molar-refractivity contribution in [2.45, 2.75) is 168 Å². The lowest BCUT2D eigenvalue weighted by Gasteiger charge is -2.41. The summed E-state index contributed by atoms with van der Waals surface area (Å²) < 4.78 is 71.5. The number of benzene rings is 3. The molecule has 6 aromatic rings. The lowest BCUT2D eigenvalue weighted by atomic mass is 9.85. The number of nitrogens with zero attached hydrogens (tertiary/aromatic N) is 6. The monoisotopic (exact) mass is 1350 g/mol. The van der Waals surface area contributed by atoms with Gasteiger partial charge in [-0.15, -0.1) is 21.5 Å². The largest absolute Gasteiger partial charge is 0.494 e. The van der Waals surface area contributed by atoms with Crippen LogP contribution in [0.15, 0.2) is 96.8 Å². The zero-order valence-corrected chi connectivity index (χ0v) is 56.8. The number of aliphatic hydroxyl groups is 1. The van der Waals surface area contributed by atoms with E-state index in [1.54, 1.807) is 59.2 Å². The third kappa shape index (κ3) is 22.1. The number of carbonyl (C=O) groups is 5. The lowest BCUT2D eigenvalue weighted by Crippen LogP contribution is -2.58. The predicted octanol–water partition coefficient (Wildman–Crippen LogP) is 10.9. The van der Waals surface area contributed by atoms with Gasteiger partial charge in [0.05, 0.1) is 73.4 Å². The number of halogens is 3. The molecule has 6 N–H and O–H groups in total. The van der Waals surface area contributed by atoms with Gasteiger partial charge in [0.25, 0.3) is 11.8 Å². The summed E-state index contributed by atoms with van der Waals surface area (Å²) in [5, 5.41) is 31.3. The number of H-pyrrole nitrogens is 1. The fourth-order valence-corrected chi connectivity index (χ4v) is 12.1. The number of hydrogen-bond donors (Lipinski definition) is 6. The van der Waals surface area contributed by atoms with Crippen molar-refractivity contribution in [3.8, 4) is 27.6 Å². The van der Waals surface area contributed by atoms with Gasteiger partial charge in [0.2, 0.25) is 11.8 Å². The number of amides is 5. The van der Waals surface area contributed by atoms with Gasteiger partial charge in [0, 0.05) is 75.0 Å². The Morgan fingerprint density at radius 2 is 1.46 bits per heavy atom. The van der Waals surface area contributed by atoms with E-state index in [9.17, 15) is 42.3 Å². The number of imide groups is 1. The van der Waals surface area contributed by atoms with Crippen molar-refractivity contribution in [3.05, 3.63) is 131 Å². The highest BCUT2D eigenvalue weighted by molar-refractivity contribution is 7.13. The molecule has 0 unspecified atom stereocenters. The Labute approximate surface area is 563 Å². The Morgan fingerprint density at radius 1 is 0.792 bits per heavy atom. The van der Waals surface area contributed by atoms with Crippen LogP contribution in [0, 0.1) is 12.3 Å². The van der Waals surface area contributed by atoms with Crippen LogP contribution in [0.3, 0.4) is 0 Å². The number of anilines is 1. The smallest absolute Gasteiger partial charge is 0.416 e. The molecule has 2 aliphatic heterocycles. The van der Waals surface area contributed by atoms with E-state index in [0.29, 0.717) is 95.8 Å². The minimum atomic E-state index is -4.68. The number of aryl methyl sites for hydroxylation is 1. The molecule has 0 radical (unpaired) electrons. The molecule has 5 heterocycles. The third-order valence-corrected chi connectivity index (χ3v) is 17.5. The van der Waals surface area contributed by atoms with Gasteiger partial charge in [0.1, 0.15) is 22.9 Å². The Hall–Kier alpha value is -7.88. The maximum absolute atomic E-state index is 14.4. The van der Waals surface area contributed by atoms with Crippen LogP contribution >= 0.6 is 11.3 Å². The van der Waals surface area contributed by atoms with E-state index in [0.717, 1.165) is 65.4 Å². The summed E-state index contributed by atoms with van der Waals surface area (Å²) in [5.74, 6) is -0.520. The first-order valence-electron chi connectivity index (χ1n) is 33.0. The highest BCUT2D eigenvalue weighted by Crippen LogP contribution is 2.38. The number of nitrogens with one attached hydrogen (secondary N) is 5. The van der Waals surface area contributed by atoms with Crippen LogP contribution in [0.5, 0.6) is 5.75 Å². The van der Waals surface area contributed by atoms with Crippen LogP contribution in [-0.4, -0.2) is 159 Å². The number of piperidine rings is 1. The zero-order valence-electron chi connectivity index (χ0n) is 56.0. The summed E-state index contributed by atoms with van der Waals surface area (Å²) in [7, 11) is 0. The Balaban J connectivity index is 0.681. The fraction of sp³-hybridized carbons (Fsp3) is 0.529.